The number of esters is 1. The fourth-order valence-corrected chi connectivity index (χ4v) is 4.15. The molecule has 1 aromatic rings. The Bertz CT molecular complexity index is 814. The molecular formula is C20H29FN2O5S. The Kier molecular flexibility index (Phi) is 6.11. The third-order valence-electron chi connectivity index (χ3n) is 5.05. The summed E-state index contributed by atoms with van der Waals surface area (Å²) >= 11 is -1.67. The van der Waals surface area contributed by atoms with Crippen molar-refractivity contribution in [3.05, 3.63) is 39.7 Å². The highest BCUT2D eigenvalue weighted by atomic mass is 32.2. The van der Waals surface area contributed by atoms with E-state index in [1.807, 2.05) is 0 Å². The van der Waals surface area contributed by atoms with E-state index in [4.69, 9.17) is 4.74 Å². The molecule has 0 unspecified atom stereocenters. The Hall–Kier alpha value is -1.71. The average molecular weight is 429 g/mol. The first kappa shape index (κ1) is 23.6. The molecule has 2 atom stereocenters. The van der Waals surface area contributed by atoms with Gasteiger partial charge < -0.3 is 9.29 Å². The van der Waals surface area contributed by atoms with E-state index in [2.05, 4.69) is 4.72 Å². The largest absolute Gasteiger partial charge is 0.598 e. The lowest BCUT2D eigenvalue weighted by atomic mass is 9.77. The highest BCUT2D eigenvalue weighted by Gasteiger charge is 2.67. The number of benzene rings is 1. The van der Waals surface area contributed by atoms with Crippen LogP contribution in [-0.2, 0) is 26.4 Å². The van der Waals surface area contributed by atoms with E-state index in [1.165, 1.54) is 0 Å². The molecule has 162 valence electrons. The first-order valence-electron chi connectivity index (χ1n) is 9.41. The van der Waals surface area contributed by atoms with Gasteiger partial charge >= 0.3 is 5.97 Å². The Morgan fingerprint density at radius 2 is 1.76 bits per heavy atom. The molecule has 0 aromatic heterocycles. The lowest BCUT2D eigenvalue weighted by Crippen LogP contribution is -2.57. The minimum absolute atomic E-state index is 0.0762. The standard InChI is InChI=1S/C20H29FN2O5S/c1-17(2,3)28-16(24)20(10-11-20)19(7,22-29(27)18(4,5)6)14-12-13(23(25)26)8-9-15(14)21/h8-9,12,22H,10-11H2,1-7H3/t19-,29+/m1/s1. The van der Waals surface area contributed by atoms with Crippen molar-refractivity contribution in [1.29, 1.82) is 0 Å². The molecule has 1 saturated carbocycles. The Labute approximate surface area is 173 Å². The van der Waals surface area contributed by atoms with Crippen LogP contribution in [0.1, 0.15) is 66.9 Å². The number of carbonyl (C=O) groups excluding carboxylic acids is 1. The monoisotopic (exact) mass is 428 g/mol. The third kappa shape index (κ3) is 4.73. The molecule has 0 amide bonds. The summed E-state index contributed by atoms with van der Waals surface area (Å²) in [5.41, 5.74) is -3.80. The van der Waals surface area contributed by atoms with Crippen LogP contribution in [0.5, 0.6) is 0 Å². The predicted molar refractivity (Wildman–Crippen MR) is 109 cm³/mol. The summed E-state index contributed by atoms with van der Waals surface area (Å²) in [5, 5.41) is 11.3. The number of nitro benzene ring substituents is 1. The molecule has 0 spiro atoms. The average Bonchev–Trinajstić information content (AvgIpc) is 3.34. The molecule has 2 rings (SSSR count). The molecule has 0 bridgehead atoms. The number of non-ortho nitro benzene ring substituents is 1. The predicted octanol–water partition coefficient (Wildman–Crippen LogP) is 4.12. The molecule has 1 aliphatic rings. The minimum Gasteiger partial charge on any atom is -0.598 e. The molecule has 0 heterocycles. The van der Waals surface area contributed by atoms with Gasteiger partial charge in [0.25, 0.3) is 5.69 Å². The van der Waals surface area contributed by atoms with Crippen molar-refractivity contribution in [1.82, 2.24) is 4.72 Å². The van der Waals surface area contributed by atoms with Gasteiger partial charge in [0.1, 0.15) is 21.7 Å². The third-order valence-corrected chi connectivity index (χ3v) is 6.76. The van der Waals surface area contributed by atoms with Crippen LogP contribution < -0.4 is 4.72 Å². The highest BCUT2D eigenvalue weighted by Crippen LogP contribution is 2.60. The zero-order chi connectivity index (χ0) is 22.4. The molecule has 1 N–H and O–H groups in total. The fraction of sp³-hybridized carbons (Fsp3) is 0.650. The zero-order valence-corrected chi connectivity index (χ0v) is 18.7. The van der Waals surface area contributed by atoms with Crippen LogP contribution >= 0.6 is 0 Å². The fourth-order valence-electron chi connectivity index (χ4n) is 3.17. The van der Waals surface area contributed by atoms with Gasteiger partial charge in [0.15, 0.2) is 0 Å². The number of hydrogen-bond donors (Lipinski definition) is 1. The molecule has 0 aliphatic heterocycles. The maximum absolute atomic E-state index is 14.9. The van der Waals surface area contributed by atoms with Crippen LogP contribution in [0.2, 0.25) is 0 Å². The highest BCUT2D eigenvalue weighted by molar-refractivity contribution is 7.90. The Morgan fingerprint density at radius 3 is 2.17 bits per heavy atom. The van der Waals surface area contributed by atoms with E-state index in [9.17, 15) is 23.9 Å². The van der Waals surface area contributed by atoms with Crippen molar-refractivity contribution in [3.8, 4) is 0 Å². The van der Waals surface area contributed by atoms with E-state index in [-0.39, 0.29) is 11.3 Å². The lowest BCUT2D eigenvalue weighted by Gasteiger charge is -2.40. The summed E-state index contributed by atoms with van der Waals surface area (Å²) in [5.74, 6) is -1.26. The Balaban J connectivity index is 2.64. The maximum atomic E-state index is 14.9. The summed E-state index contributed by atoms with van der Waals surface area (Å²) < 4.78 is 35.7. The van der Waals surface area contributed by atoms with E-state index < -0.39 is 49.4 Å². The van der Waals surface area contributed by atoms with E-state index in [0.717, 1.165) is 18.2 Å². The number of rotatable bonds is 6. The van der Waals surface area contributed by atoms with Gasteiger partial charge in [-0.25, -0.2) is 4.39 Å². The summed E-state index contributed by atoms with van der Waals surface area (Å²) in [4.78, 5) is 23.7. The zero-order valence-electron chi connectivity index (χ0n) is 17.9. The molecule has 0 saturated heterocycles. The Morgan fingerprint density at radius 1 is 1.21 bits per heavy atom. The molecule has 0 radical (unpaired) electrons. The van der Waals surface area contributed by atoms with E-state index >= 15 is 0 Å². The number of ether oxygens (including phenoxy) is 1. The van der Waals surface area contributed by atoms with Crippen molar-refractivity contribution in [2.24, 2.45) is 5.41 Å². The minimum atomic E-state index is -1.67. The molecule has 9 heteroatoms. The first-order chi connectivity index (χ1) is 13.0. The molecule has 1 fully saturated rings. The number of hydrogen-bond acceptors (Lipinski definition) is 6. The topological polar surface area (TPSA) is 105 Å². The first-order valence-corrected chi connectivity index (χ1v) is 10.6. The smallest absolute Gasteiger partial charge is 0.315 e. The second-order valence-corrected chi connectivity index (χ2v) is 11.6. The number of nitro groups is 1. The van der Waals surface area contributed by atoms with Crippen molar-refractivity contribution in [2.45, 2.75) is 77.2 Å². The van der Waals surface area contributed by atoms with Crippen LogP contribution in [0.25, 0.3) is 0 Å². The van der Waals surface area contributed by atoms with Crippen LogP contribution in [-0.4, -0.2) is 25.8 Å². The maximum Gasteiger partial charge on any atom is 0.315 e. The van der Waals surface area contributed by atoms with Crippen LogP contribution in [0.3, 0.4) is 0 Å². The molecule has 29 heavy (non-hydrogen) atoms. The van der Waals surface area contributed by atoms with Crippen molar-refractivity contribution >= 4 is 23.0 Å². The van der Waals surface area contributed by atoms with Crippen molar-refractivity contribution in [3.63, 3.8) is 0 Å². The van der Waals surface area contributed by atoms with Crippen LogP contribution in [0.4, 0.5) is 10.1 Å². The van der Waals surface area contributed by atoms with Crippen LogP contribution in [0.15, 0.2) is 18.2 Å². The molecular weight excluding hydrogens is 399 g/mol. The summed E-state index contributed by atoms with van der Waals surface area (Å²) in [6.07, 6.45) is 0.768. The lowest BCUT2D eigenvalue weighted by molar-refractivity contribution is -0.385. The van der Waals surface area contributed by atoms with Gasteiger partial charge in [0.05, 0.1) is 10.3 Å². The molecule has 1 aromatic carbocycles. The van der Waals surface area contributed by atoms with Gasteiger partial charge in [-0.1, -0.05) is 0 Å². The van der Waals surface area contributed by atoms with Gasteiger partial charge in [-0.2, -0.15) is 0 Å². The SMILES string of the molecule is CC(C)(C)OC(=O)C1([C@](C)(N[S@@+]([O-])C(C)(C)C)c2cc([N+](=O)[O-])ccc2F)CC1. The summed E-state index contributed by atoms with van der Waals surface area (Å²) in [7, 11) is 0. The normalized spacial score (nSPS) is 19.2. The second-order valence-electron chi connectivity index (χ2n) is 9.61. The van der Waals surface area contributed by atoms with Gasteiger partial charge in [0, 0.05) is 29.1 Å². The van der Waals surface area contributed by atoms with Crippen molar-refractivity contribution < 1.29 is 23.4 Å². The second kappa shape index (κ2) is 7.52. The van der Waals surface area contributed by atoms with Gasteiger partial charge in [-0.15, -0.1) is 4.72 Å². The molecule has 1 aliphatic carbocycles. The number of carbonyl (C=O) groups is 1. The van der Waals surface area contributed by atoms with Crippen LogP contribution in [0, 0.1) is 21.3 Å². The number of nitrogens with zero attached hydrogens (tertiary/aromatic N) is 1. The van der Waals surface area contributed by atoms with E-state index in [0.29, 0.717) is 12.8 Å². The van der Waals surface area contributed by atoms with Crippen molar-refractivity contribution in [2.75, 3.05) is 0 Å². The summed E-state index contributed by atoms with van der Waals surface area (Å²) in [6.45, 7) is 12.0. The number of nitrogens with one attached hydrogen (secondary N) is 1. The van der Waals surface area contributed by atoms with Gasteiger partial charge in [0.2, 0.25) is 0 Å². The number of halogens is 1. The molecule has 7 nitrogen and oxygen atoms in total. The van der Waals surface area contributed by atoms with E-state index in [1.54, 1.807) is 48.5 Å². The van der Waals surface area contributed by atoms with Gasteiger partial charge in [-0.05, 0) is 67.4 Å². The summed E-state index contributed by atoms with van der Waals surface area (Å²) in [6, 6.07) is 3.16. The quantitative estimate of drug-likeness (QED) is 0.316. The van der Waals surface area contributed by atoms with Gasteiger partial charge in [-0.3, -0.25) is 14.9 Å².